The van der Waals surface area contributed by atoms with Crippen molar-refractivity contribution in [1.29, 1.82) is 0 Å². The van der Waals surface area contributed by atoms with E-state index in [0.717, 1.165) is 19.1 Å². The Balaban J connectivity index is 1.85. The number of hydrogen-bond acceptors (Lipinski definition) is 6. The maximum atomic E-state index is 12.9. The maximum Gasteiger partial charge on any atom is 0.255 e. The fourth-order valence-corrected chi connectivity index (χ4v) is 5.64. The molecule has 1 N–H and O–H groups in total. The van der Waals surface area contributed by atoms with Crippen molar-refractivity contribution < 1.29 is 26.4 Å². The molecule has 168 valence electrons. The van der Waals surface area contributed by atoms with Gasteiger partial charge in [0.1, 0.15) is 5.75 Å². The maximum absolute atomic E-state index is 12.9. The summed E-state index contributed by atoms with van der Waals surface area (Å²) in [7, 11) is -5.58. The predicted molar refractivity (Wildman–Crippen MR) is 116 cm³/mol. The van der Waals surface area contributed by atoms with Crippen molar-refractivity contribution in [3.63, 3.8) is 0 Å². The third-order valence-corrected chi connectivity index (χ3v) is 8.30. The number of methoxy groups -OCH3 is 1. The Morgan fingerprint density at radius 3 is 2.13 bits per heavy atom. The quantitative estimate of drug-likeness (QED) is 0.671. The predicted octanol–water partition coefficient (Wildman–Crippen LogP) is 2.37. The molecule has 1 fully saturated rings. The number of carbonyl (C=O) groups is 1. The van der Waals surface area contributed by atoms with Gasteiger partial charge in [0.15, 0.2) is 9.84 Å². The van der Waals surface area contributed by atoms with Gasteiger partial charge in [-0.05, 0) is 55.7 Å². The number of amides is 1. The van der Waals surface area contributed by atoms with Crippen LogP contribution < -0.4 is 10.1 Å². The Morgan fingerprint density at radius 1 is 1.00 bits per heavy atom. The van der Waals surface area contributed by atoms with Gasteiger partial charge in [0.05, 0.1) is 28.5 Å². The number of nitrogens with one attached hydrogen (secondary N) is 1. The van der Waals surface area contributed by atoms with E-state index in [1.165, 1.54) is 41.7 Å². The second kappa shape index (κ2) is 8.97. The number of sulfonamides is 1. The molecule has 1 amide bonds. The SMILES string of the molecule is COc1ccc(S(=O)(=O)N2CCCC2)cc1C(=O)N[C@H](C)c1ccc(S(C)(=O)=O)cc1. The van der Waals surface area contributed by atoms with Crippen LogP contribution in [0.3, 0.4) is 0 Å². The highest BCUT2D eigenvalue weighted by atomic mass is 32.2. The van der Waals surface area contributed by atoms with Crippen LogP contribution >= 0.6 is 0 Å². The van der Waals surface area contributed by atoms with Crippen molar-refractivity contribution in [2.24, 2.45) is 0 Å². The van der Waals surface area contributed by atoms with Gasteiger partial charge in [-0.25, -0.2) is 16.8 Å². The van der Waals surface area contributed by atoms with Crippen LogP contribution in [0.4, 0.5) is 0 Å². The minimum atomic E-state index is -3.68. The average molecular weight is 467 g/mol. The summed E-state index contributed by atoms with van der Waals surface area (Å²) in [4.78, 5) is 13.2. The molecule has 0 radical (unpaired) electrons. The van der Waals surface area contributed by atoms with Crippen LogP contribution in [0, 0.1) is 0 Å². The highest BCUT2D eigenvalue weighted by molar-refractivity contribution is 7.90. The highest BCUT2D eigenvalue weighted by Gasteiger charge is 2.29. The summed E-state index contributed by atoms with van der Waals surface area (Å²) in [5.41, 5.74) is 0.822. The third kappa shape index (κ3) is 5.08. The van der Waals surface area contributed by atoms with Crippen molar-refractivity contribution in [3.8, 4) is 5.75 Å². The smallest absolute Gasteiger partial charge is 0.255 e. The minimum absolute atomic E-state index is 0.0468. The van der Waals surface area contributed by atoms with E-state index >= 15 is 0 Å². The van der Waals surface area contributed by atoms with Crippen LogP contribution in [0.25, 0.3) is 0 Å². The van der Waals surface area contributed by atoms with E-state index in [9.17, 15) is 21.6 Å². The van der Waals surface area contributed by atoms with E-state index in [-0.39, 0.29) is 21.1 Å². The standard InChI is InChI=1S/C21H26N2O6S2/c1-15(16-6-8-17(9-7-16)30(3,25)26)22-21(24)19-14-18(10-11-20(19)29-2)31(27,28)23-12-4-5-13-23/h6-11,14-15H,4-5,12-13H2,1-3H3,(H,22,24)/t15-/m1/s1. The Bertz CT molecular complexity index is 1170. The summed E-state index contributed by atoms with van der Waals surface area (Å²) in [6.07, 6.45) is 2.76. The van der Waals surface area contributed by atoms with E-state index < -0.39 is 31.8 Å². The van der Waals surface area contributed by atoms with E-state index in [2.05, 4.69) is 5.32 Å². The van der Waals surface area contributed by atoms with Crippen molar-refractivity contribution in [1.82, 2.24) is 9.62 Å². The normalized spacial score (nSPS) is 16.1. The molecule has 1 aliphatic heterocycles. The van der Waals surface area contributed by atoms with Crippen LogP contribution in [0.2, 0.25) is 0 Å². The first-order valence-corrected chi connectivity index (χ1v) is 13.2. The fourth-order valence-electron chi connectivity index (χ4n) is 3.46. The number of hydrogen-bond donors (Lipinski definition) is 1. The van der Waals surface area contributed by atoms with Crippen LogP contribution in [0.5, 0.6) is 5.75 Å². The van der Waals surface area contributed by atoms with Gasteiger partial charge in [0.25, 0.3) is 5.91 Å². The molecule has 1 aliphatic rings. The molecule has 0 bridgehead atoms. The van der Waals surface area contributed by atoms with Crippen molar-refractivity contribution in [2.45, 2.75) is 35.6 Å². The monoisotopic (exact) mass is 466 g/mol. The molecule has 0 aliphatic carbocycles. The number of carbonyl (C=O) groups excluding carboxylic acids is 1. The van der Waals surface area contributed by atoms with Crippen LogP contribution in [0.15, 0.2) is 52.3 Å². The van der Waals surface area contributed by atoms with Crippen LogP contribution in [0.1, 0.15) is 41.7 Å². The number of ether oxygens (including phenoxy) is 1. The zero-order valence-corrected chi connectivity index (χ0v) is 19.3. The lowest BCUT2D eigenvalue weighted by atomic mass is 10.1. The summed E-state index contributed by atoms with van der Waals surface area (Å²) < 4.78 is 55.7. The van der Waals surface area contributed by atoms with E-state index in [1.54, 1.807) is 19.1 Å². The molecule has 0 unspecified atom stereocenters. The van der Waals surface area contributed by atoms with Gasteiger partial charge in [0.2, 0.25) is 10.0 Å². The number of sulfone groups is 1. The van der Waals surface area contributed by atoms with E-state index in [0.29, 0.717) is 18.7 Å². The Kier molecular flexibility index (Phi) is 6.73. The first-order valence-electron chi connectivity index (χ1n) is 9.83. The highest BCUT2D eigenvalue weighted by Crippen LogP contribution is 2.27. The number of benzene rings is 2. The summed E-state index contributed by atoms with van der Waals surface area (Å²) in [5.74, 6) is -0.229. The molecular formula is C21H26N2O6S2. The zero-order chi connectivity index (χ0) is 22.8. The van der Waals surface area contributed by atoms with Gasteiger partial charge in [-0.15, -0.1) is 0 Å². The topological polar surface area (TPSA) is 110 Å². The van der Waals surface area contributed by atoms with Crippen molar-refractivity contribution in [3.05, 3.63) is 53.6 Å². The molecule has 1 saturated heterocycles. The molecule has 2 aromatic rings. The molecule has 3 rings (SSSR count). The molecule has 2 aromatic carbocycles. The molecule has 1 heterocycles. The number of nitrogens with zero attached hydrogens (tertiary/aromatic N) is 1. The lowest BCUT2D eigenvalue weighted by Gasteiger charge is -2.19. The third-order valence-electron chi connectivity index (χ3n) is 5.27. The Hall–Kier alpha value is -2.43. The van der Waals surface area contributed by atoms with Crippen molar-refractivity contribution >= 4 is 25.8 Å². The van der Waals surface area contributed by atoms with Crippen molar-refractivity contribution in [2.75, 3.05) is 26.5 Å². The Morgan fingerprint density at radius 2 is 1.58 bits per heavy atom. The van der Waals surface area contributed by atoms with E-state index in [4.69, 9.17) is 4.74 Å². The second-order valence-electron chi connectivity index (χ2n) is 7.51. The van der Waals surface area contributed by atoms with E-state index in [1.807, 2.05) is 0 Å². The van der Waals surface area contributed by atoms with Gasteiger partial charge in [-0.2, -0.15) is 4.31 Å². The van der Waals surface area contributed by atoms with Crippen LogP contribution in [-0.4, -0.2) is 53.5 Å². The van der Waals surface area contributed by atoms with Gasteiger partial charge in [-0.1, -0.05) is 12.1 Å². The summed E-state index contributed by atoms with van der Waals surface area (Å²) in [5, 5.41) is 2.82. The minimum Gasteiger partial charge on any atom is -0.496 e. The molecule has 1 atom stereocenters. The average Bonchev–Trinajstić information content (AvgIpc) is 3.28. The van der Waals surface area contributed by atoms with Crippen LogP contribution in [-0.2, 0) is 19.9 Å². The van der Waals surface area contributed by atoms with Gasteiger partial charge >= 0.3 is 0 Å². The number of rotatable bonds is 7. The lowest BCUT2D eigenvalue weighted by molar-refractivity contribution is 0.0936. The first-order chi connectivity index (χ1) is 14.5. The van der Waals surface area contributed by atoms with Gasteiger partial charge in [0, 0.05) is 19.3 Å². The molecule has 0 aromatic heterocycles. The zero-order valence-electron chi connectivity index (χ0n) is 17.7. The van der Waals surface area contributed by atoms with Gasteiger partial charge in [-0.3, -0.25) is 4.79 Å². The molecule has 10 heteroatoms. The summed E-state index contributed by atoms with van der Waals surface area (Å²) >= 11 is 0. The van der Waals surface area contributed by atoms with Gasteiger partial charge < -0.3 is 10.1 Å². The second-order valence-corrected chi connectivity index (χ2v) is 11.5. The summed E-state index contributed by atoms with van der Waals surface area (Å²) in [6.45, 7) is 2.69. The molecule has 0 spiro atoms. The Labute approximate surface area is 183 Å². The molecular weight excluding hydrogens is 440 g/mol. The molecule has 8 nitrogen and oxygen atoms in total. The fraction of sp³-hybridized carbons (Fsp3) is 0.381. The first kappa shape index (κ1) is 23.2. The lowest BCUT2D eigenvalue weighted by Crippen LogP contribution is -2.29. The molecule has 0 saturated carbocycles. The largest absolute Gasteiger partial charge is 0.496 e. The summed E-state index contributed by atoms with van der Waals surface area (Å²) in [6, 6.07) is 10.0. The molecule has 31 heavy (non-hydrogen) atoms.